The second-order valence-corrected chi connectivity index (χ2v) is 4.84. The van der Waals surface area contributed by atoms with Crippen LogP contribution < -0.4 is 5.73 Å². The smallest absolute Gasteiger partial charge is 0.197 e. The van der Waals surface area contributed by atoms with Crippen molar-refractivity contribution < 1.29 is 4.42 Å². The third-order valence-corrected chi connectivity index (χ3v) is 3.66. The first-order valence-corrected chi connectivity index (χ1v) is 6.13. The summed E-state index contributed by atoms with van der Waals surface area (Å²) in [6.07, 6.45) is 9.40. The third kappa shape index (κ3) is 2.76. The molecule has 1 aromatic heterocycles. The second-order valence-electron chi connectivity index (χ2n) is 4.50. The molecule has 0 aromatic carbocycles. The van der Waals surface area contributed by atoms with Crippen molar-refractivity contribution in [1.82, 2.24) is 0 Å². The van der Waals surface area contributed by atoms with E-state index in [1.165, 1.54) is 32.1 Å². The number of halogens is 1. The van der Waals surface area contributed by atoms with Crippen molar-refractivity contribution in [2.24, 2.45) is 11.7 Å². The summed E-state index contributed by atoms with van der Waals surface area (Å²) in [6.45, 7) is 0. The van der Waals surface area contributed by atoms with E-state index in [-0.39, 0.29) is 6.04 Å². The summed E-state index contributed by atoms with van der Waals surface area (Å²) in [4.78, 5) is 0. The van der Waals surface area contributed by atoms with Gasteiger partial charge in [0.1, 0.15) is 0 Å². The Morgan fingerprint density at radius 3 is 2.73 bits per heavy atom. The highest BCUT2D eigenvalue weighted by atomic mass is 35.5. The van der Waals surface area contributed by atoms with Gasteiger partial charge in [-0.3, -0.25) is 0 Å². The molecule has 2 rings (SSSR count). The quantitative estimate of drug-likeness (QED) is 0.851. The maximum atomic E-state index is 6.13. The van der Waals surface area contributed by atoms with E-state index in [1.54, 1.807) is 6.26 Å². The minimum atomic E-state index is 0.0411. The van der Waals surface area contributed by atoms with Gasteiger partial charge in [-0.1, -0.05) is 32.1 Å². The van der Waals surface area contributed by atoms with Crippen LogP contribution in [0.3, 0.4) is 0 Å². The van der Waals surface area contributed by atoms with Gasteiger partial charge in [-0.15, -0.1) is 0 Å². The van der Waals surface area contributed by atoms with Gasteiger partial charge in [-0.2, -0.15) is 0 Å². The summed E-state index contributed by atoms with van der Waals surface area (Å²) >= 11 is 5.91. The zero-order chi connectivity index (χ0) is 10.7. The lowest BCUT2D eigenvalue weighted by molar-refractivity contribution is 0.319. The molecule has 15 heavy (non-hydrogen) atoms. The van der Waals surface area contributed by atoms with Crippen molar-refractivity contribution in [2.45, 2.75) is 44.6 Å². The lowest BCUT2D eigenvalue weighted by Gasteiger charge is -2.24. The highest BCUT2D eigenvalue weighted by Crippen LogP contribution is 2.33. The van der Waals surface area contributed by atoms with E-state index in [1.807, 2.05) is 6.07 Å². The highest BCUT2D eigenvalue weighted by Gasteiger charge is 2.20. The topological polar surface area (TPSA) is 39.2 Å². The van der Waals surface area contributed by atoms with Gasteiger partial charge in [-0.25, -0.2) is 0 Å². The van der Waals surface area contributed by atoms with Gasteiger partial charge < -0.3 is 10.2 Å². The normalized spacial score (nSPS) is 20.4. The summed E-state index contributed by atoms with van der Waals surface area (Å²) in [5.41, 5.74) is 7.09. The number of rotatable bonds is 3. The second kappa shape index (κ2) is 5.04. The fourth-order valence-electron chi connectivity index (χ4n) is 2.48. The van der Waals surface area contributed by atoms with Crippen LogP contribution in [0, 0.1) is 5.92 Å². The molecule has 1 unspecified atom stereocenters. The minimum Gasteiger partial charge on any atom is -0.453 e. The Labute approximate surface area is 95.8 Å². The van der Waals surface area contributed by atoms with Crippen LogP contribution in [0.15, 0.2) is 16.7 Å². The van der Waals surface area contributed by atoms with Crippen LogP contribution in [0.5, 0.6) is 0 Å². The SMILES string of the molecule is NC(CC1CCCCC1)c1ccoc1Cl. The summed E-state index contributed by atoms with van der Waals surface area (Å²) in [6, 6.07) is 1.93. The maximum absolute atomic E-state index is 6.13. The average Bonchev–Trinajstić information content (AvgIpc) is 2.66. The Hall–Kier alpha value is -0.470. The molecule has 2 nitrogen and oxygen atoms in total. The molecule has 84 valence electrons. The van der Waals surface area contributed by atoms with Crippen LogP contribution in [-0.4, -0.2) is 0 Å². The van der Waals surface area contributed by atoms with Crippen LogP contribution in [0.2, 0.25) is 5.22 Å². The Morgan fingerprint density at radius 1 is 1.40 bits per heavy atom. The first-order chi connectivity index (χ1) is 7.27. The molecule has 0 bridgehead atoms. The predicted octanol–water partition coefficient (Wildman–Crippen LogP) is 3.90. The average molecular weight is 228 g/mol. The van der Waals surface area contributed by atoms with Crippen molar-refractivity contribution in [3.05, 3.63) is 23.1 Å². The first kappa shape index (κ1) is 11.0. The molecule has 0 amide bonds. The largest absolute Gasteiger partial charge is 0.453 e. The Morgan fingerprint density at radius 2 is 2.13 bits per heavy atom. The van der Waals surface area contributed by atoms with E-state index < -0.39 is 0 Å². The van der Waals surface area contributed by atoms with Gasteiger partial charge in [0.2, 0.25) is 0 Å². The molecule has 0 radical (unpaired) electrons. The monoisotopic (exact) mass is 227 g/mol. The van der Waals surface area contributed by atoms with Gasteiger partial charge in [0.05, 0.1) is 6.26 Å². The van der Waals surface area contributed by atoms with Crippen LogP contribution in [0.4, 0.5) is 0 Å². The van der Waals surface area contributed by atoms with Gasteiger partial charge in [0, 0.05) is 11.6 Å². The molecule has 0 aliphatic heterocycles. The summed E-state index contributed by atoms with van der Waals surface area (Å²) < 4.78 is 5.06. The van der Waals surface area contributed by atoms with Crippen molar-refractivity contribution in [3.63, 3.8) is 0 Å². The van der Waals surface area contributed by atoms with Crippen molar-refractivity contribution in [3.8, 4) is 0 Å². The van der Waals surface area contributed by atoms with Gasteiger partial charge in [0.15, 0.2) is 5.22 Å². The summed E-state index contributed by atoms with van der Waals surface area (Å²) in [5.74, 6) is 0.778. The Balaban J connectivity index is 1.91. The zero-order valence-electron chi connectivity index (χ0n) is 8.92. The Kier molecular flexibility index (Phi) is 3.71. The molecule has 1 aromatic rings. The van der Waals surface area contributed by atoms with Crippen molar-refractivity contribution in [2.75, 3.05) is 0 Å². The molecule has 1 fully saturated rings. The van der Waals surface area contributed by atoms with Crippen LogP contribution in [-0.2, 0) is 0 Å². The number of hydrogen-bond donors (Lipinski definition) is 1. The van der Waals surface area contributed by atoms with E-state index in [0.29, 0.717) is 5.22 Å². The van der Waals surface area contributed by atoms with E-state index in [9.17, 15) is 0 Å². The van der Waals surface area contributed by atoms with Gasteiger partial charge in [0.25, 0.3) is 0 Å². The van der Waals surface area contributed by atoms with Crippen molar-refractivity contribution in [1.29, 1.82) is 0 Å². The number of furan rings is 1. The number of nitrogens with two attached hydrogens (primary N) is 1. The summed E-state index contributed by atoms with van der Waals surface area (Å²) in [7, 11) is 0. The van der Waals surface area contributed by atoms with E-state index >= 15 is 0 Å². The molecule has 1 aliphatic carbocycles. The molecule has 1 aliphatic rings. The fraction of sp³-hybridized carbons (Fsp3) is 0.667. The molecular weight excluding hydrogens is 210 g/mol. The summed E-state index contributed by atoms with van der Waals surface area (Å²) in [5, 5.41) is 0.457. The minimum absolute atomic E-state index is 0.0411. The molecule has 0 saturated heterocycles. The Bertz CT molecular complexity index is 304. The molecule has 1 saturated carbocycles. The van der Waals surface area contributed by atoms with Crippen LogP contribution >= 0.6 is 11.6 Å². The molecule has 1 atom stereocenters. The van der Waals surface area contributed by atoms with E-state index in [4.69, 9.17) is 21.8 Å². The van der Waals surface area contributed by atoms with E-state index in [0.717, 1.165) is 17.9 Å². The van der Waals surface area contributed by atoms with Crippen molar-refractivity contribution >= 4 is 11.6 Å². The zero-order valence-corrected chi connectivity index (χ0v) is 9.67. The maximum Gasteiger partial charge on any atom is 0.197 e. The lowest BCUT2D eigenvalue weighted by Crippen LogP contribution is -2.17. The predicted molar refractivity (Wildman–Crippen MR) is 61.8 cm³/mol. The lowest BCUT2D eigenvalue weighted by atomic mass is 9.84. The van der Waals surface area contributed by atoms with Gasteiger partial charge in [-0.05, 0) is 30.0 Å². The highest BCUT2D eigenvalue weighted by molar-refractivity contribution is 6.29. The molecule has 0 spiro atoms. The molecule has 1 heterocycles. The molecule has 3 heteroatoms. The van der Waals surface area contributed by atoms with Crippen LogP contribution in [0.25, 0.3) is 0 Å². The standard InChI is InChI=1S/C12H18ClNO/c13-12-10(6-7-15-12)11(14)8-9-4-2-1-3-5-9/h6-7,9,11H,1-5,8,14H2. The number of hydrogen-bond acceptors (Lipinski definition) is 2. The van der Waals surface area contributed by atoms with Crippen LogP contribution in [0.1, 0.15) is 50.1 Å². The first-order valence-electron chi connectivity index (χ1n) is 5.76. The fourth-order valence-corrected chi connectivity index (χ4v) is 2.73. The molecule has 2 N–H and O–H groups in total. The van der Waals surface area contributed by atoms with Gasteiger partial charge >= 0.3 is 0 Å². The third-order valence-electron chi connectivity index (χ3n) is 3.36. The molecular formula is C12H18ClNO. The van der Waals surface area contributed by atoms with E-state index in [2.05, 4.69) is 0 Å².